The average molecular weight is 423 g/mol. The molecule has 0 saturated heterocycles. The van der Waals surface area contributed by atoms with E-state index in [4.69, 9.17) is 4.74 Å². The van der Waals surface area contributed by atoms with E-state index in [0.717, 1.165) is 37.7 Å². The van der Waals surface area contributed by atoms with E-state index in [1.807, 2.05) is 30.3 Å². The van der Waals surface area contributed by atoms with Gasteiger partial charge in [-0.3, -0.25) is 4.79 Å². The molecule has 0 heterocycles. The van der Waals surface area contributed by atoms with Crippen molar-refractivity contribution < 1.29 is 29.3 Å². The monoisotopic (exact) mass is 422 g/mol. The van der Waals surface area contributed by atoms with Crippen LogP contribution in [-0.2, 0) is 20.9 Å². The Morgan fingerprint density at radius 1 is 1.03 bits per heavy atom. The Morgan fingerprint density at radius 2 is 1.70 bits per heavy atom. The summed E-state index contributed by atoms with van der Waals surface area (Å²) in [6, 6.07) is 8.17. The molecule has 2 atom stereocenters. The van der Waals surface area contributed by atoms with Gasteiger partial charge in [0.05, 0.1) is 12.5 Å². The number of amides is 2. The number of aliphatic carboxylic acids is 1. The van der Waals surface area contributed by atoms with Crippen LogP contribution in [0.1, 0.15) is 63.9 Å². The lowest BCUT2D eigenvalue weighted by Crippen LogP contribution is -2.43. The average Bonchev–Trinajstić information content (AvgIpc) is 2.72. The normalized spacial score (nSPS) is 12.6. The zero-order valence-corrected chi connectivity index (χ0v) is 17.6. The van der Waals surface area contributed by atoms with Gasteiger partial charge < -0.3 is 25.6 Å². The van der Waals surface area contributed by atoms with Gasteiger partial charge in [-0.05, 0) is 12.0 Å². The van der Waals surface area contributed by atoms with Crippen LogP contribution in [0, 0.1) is 0 Å². The number of carbonyl (C=O) groups is 3. The number of carboxylic acids is 1. The van der Waals surface area contributed by atoms with Crippen molar-refractivity contribution in [1.82, 2.24) is 10.6 Å². The number of aliphatic hydroxyl groups excluding tert-OH is 1. The van der Waals surface area contributed by atoms with Crippen LogP contribution >= 0.6 is 0 Å². The maximum atomic E-state index is 12.0. The minimum atomic E-state index is -1.14. The van der Waals surface area contributed by atoms with E-state index in [2.05, 4.69) is 17.6 Å². The Hall–Kier alpha value is -2.61. The van der Waals surface area contributed by atoms with Crippen LogP contribution < -0.4 is 10.6 Å². The van der Waals surface area contributed by atoms with Crippen molar-refractivity contribution in [2.75, 3.05) is 6.54 Å². The summed E-state index contributed by atoms with van der Waals surface area (Å²) in [5.74, 6) is -1.66. The van der Waals surface area contributed by atoms with Gasteiger partial charge in [-0.1, -0.05) is 75.8 Å². The molecule has 0 aromatic heterocycles. The molecule has 0 radical (unpaired) electrons. The number of aliphatic hydroxyl groups is 1. The van der Waals surface area contributed by atoms with E-state index in [-0.39, 0.29) is 19.6 Å². The first-order valence-electron chi connectivity index (χ1n) is 10.6. The number of carboxylic acid groups (broad SMARTS) is 1. The highest BCUT2D eigenvalue weighted by atomic mass is 16.5. The van der Waals surface area contributed by atoms with Crippen molar-refractivity contribution in [2.45, 2.75) is 77.0 Å². The number of rotatable bonds is 15. The first-order chi connectivity index (χ1) is 14.4. The maximum absolute atomic E-state index is 12.0. The van der Waals surface area contributed by atoms with E-state index in [1.165, 1.54) is 6.42 Å². The molecule has 8 nitrogen and oxygen atoms in total. The smallest absolute Gasteiger partial charge is 0.407 e. The fourth-order valence-corrected chi connectivity index (χ4v) is 2.90. The van der Waals surface area contributed by atoms with Crippen molar-refractivity contribution in [3.8, 4) is 0 Å². The standard InChI is InChI=1S/C22H34N2O6/c1-2-3-4-5-6-10-13-19(21(27)28)24-20(26)14-18(25)15-23-22(29)30-16-17-11-8-7-9-12-17/h7-9,11-12,18-19,25H,2-6,10,13-16H2,1H3,(H,23,29)(H,24,26)(H,27,28)/t18-,19+/m1/s1. The molecule has 0 bridgehead atoms. The summed E-state index contributed by atoms with van der Waals surface area (Å²) >= 11 is 0. The van der Waals surface area contributed by atoms with Gasteiger partial charge in [0.2, 0.25) is 5.91 Å². The van der Waals surface area contributed by atoms with Crippen molar-refractivity contribution in [2.24, 2.45) is 0 Å². The summed E-state index contributed by atoms with van der Waals surface area (Å²) in [6.45, 7) is 2.06. The lowest BCUT2D eigenvalue weighted by atomic mass is 10.1. The number of hydrogen-bond donors (Lipinski definition) is 4. The molecule has 0 aliphatic heterocycles. The molecule has 0 aliphatic carbocycles. The molecule has 4 N–H and O–H groups in total. The number of carbonyl (C=O) groups excluding carboxylic acids is 2. The van der Waals surface area contributed by atoms with E-state index in [9.17, 15) is 24.6 Å². The summed E-state index contributed by atoms with van der Waals surface area (Å²) in [5, 5.41) is 24.0. The number of alkyl carbamates (subject to hydrolysis) is 1. The van der Waals surface area contributed by atoms with Gasteiger partial charge in [0.25, 0.3) is 0 Å². The highest BCUT2D eigenvalue weighted by molar-refractivity contribution is 5.83. The summed E-state index contributed by atoms with van der Waals surface area (Å²) < 4.78 is 5.02. The number of hydrogen-bond acceptors (Lipinski definition) is 5. The van der Waals surface area contributed by atoms with Crippen LogP contribution in [0.15, 0.2) is 30.3 Å². The number of benzene rings is 1. The Bertz CT molecular complexity index is 638. The molecular formula is C22H34N2O6. The molecule has 8 heteroatoms. The third-order valence-corrected chi connectivity index (χ3v) is 4.60. The maximum Gasteiger partial charge on any atom is 0.407 e. The highest BCUT2D eigenvalue weighted by Gasteiger charge is 2.21. The molecule has 30 heavy (non-hydrogen) atoms. The van der Waals surface area contributed by atoms with Gasteiger partial charge in [0.15, 0.2) is 0 Å². The lowest BCUT2D eigenvalue weighted by Gasteiger charge is -2.16. The number of unbranched alkanes of at least 4 members (excludes halogenated alkanes) is 5. The molecule has 168 valence electrons. The van der Waals surface area contributed by atoms with Crippen LogP contribution in [0.5, 0.6) is 0 Å². The molecular weight excluding hydrogens is 388 g/mol. The van der Waals surface area contributed by atoms with Crippen LogP contribution in [0.4, 0.5) is 4.79 Å². The summed E-state index contributed by atoms with van der Waals surface area (Å²) in [7, 11) is 0. The fraction of sp³-hybridized carbons (Fsp3) is 0.591. The molecule has 0 saturated carbocycles. The van der Waals surface area contributed by atoms with E-state index in [1.54, 1.807) is 0 Å². The summed E-state index contributed by atoms with van der Waals surface area (Å²) in [6.07, 6.45) is 4.36. The van der Waals surface area contributed by atoms with Crippen molar-refractivity contribution in [1.29, 1.82) is 0 Å². The van der Waals surface area contributed by atoms with Crippen molar-refractivity contribution >= 4 is 18.0 Å². The van der Waals surface area contributed by atoms with Gasteiger partial charge in [-0.25, -0.2) is 9.59 Å². The Morgan fingerprint density at radius 3 is 2.37 bits per heavy atom. The molecule has 1 aromatic rings. The van der Waals surface area contributed by atoms with Gasteiger partial charge in [0, 0.05) is 6.54 Å². The first-order valence-corrected chi connectivity index (χ1v) is 10.6. The largest absolute Gasteiger partial charge is 0.480 e. The lowest BCUT2D eigenvalue weighted by molar-refractivity contribution is -0.142. The Balaban J connectivity index is 2.23. The second-order valence-electron chi connectivity index (χ2n) is 7.32. The number of nitrogens with one attached hydrogen (secondary N) is 2. The molecule has 1 aromatic carbocycles. The van der Waals surface area contributed by atoms with E-state index >= 15 is 0 Å². The van der Waals surface area contributed by atoms with Gasteiger partial charge >= 0.3 is 12.1 Å². The molecule has 0 fully saturated rings. The van der Waals surface area contributed by atoms with Crippen molar-refractivity contribution in [3.05, 3.63) is 35.9 Å². The molecule has 0 aliphatic rings. The zero-order valence-electron chi connectivity index (χ0n) is 17.6. The van der Waals surface area contributed by atoms with E-state index in [0.29, 0.717) is 6.42 Å². The van der Waals surface area contributed by atoms with Crippen LogP contribution in [0.3, 0.4) is 0 Å². The Labute approximate surface area is 178 Å². The summed E-state index contributed by atoms with van der Waals surface area (Å²) in [5.41, 5.74) is 0.831. The van der Waals surface area contributed by atoms with Gasteiger partial charge in [-0.2, -0.15) is 0 Å². The minimum Gasteiger partial charge on any atom is -0.480 e. The number of ether oxygens (including phenoxy) is 1. The van der Waals surface area contributed by atoms with Crippen LogP contribution in [-0.4, -0.2) is 46.9 Å². The first kappa shape index (κ1) is 25.4. The predicted octanol–water partition coefficient (Wildman–Crippen LogP) is 2.98. The third-order valence-electron chi connectivity index (χ3n) is 4.60. The molecule has 0 spiro atoms. The third kappa shape index (κ3) is 12.1. The second kappa shape index (κ2) is 15.3. The van der Waals surface area contributed by atoms with Gasteiger partial charge in [-0.15, -0.1) is 0 Å². The summed E-state index contributed by atoms with van der Waals surface area (Å²) in [4.78, 5) is 35.0. The minimum absolute atomic E-state index is 0.0992. The SMILES string of the molecule is CCCCCCCC[C@H](NC(=O)C[C@@H](O)CNC(=O)OCc1ccccc1)C(=O)O. The van der Waals surface area contributed by atoms with Crippen molar-refractivity contribution in [3.63, 3.8) is 0 Å². The molecule has 0 unspecified atom stereocenters. The second-order valence-corrected chi connectivity index (χ2v) is 7.32. The fourth-order valence-electron chi connectivity index (χ4n) is 2.90. The quantitative estimate of drug-likeness (QED) is 0.322. The zero-order chi connectivity index (χ0) is 22.2. The molecule has 1 rings (SSSR count). The van der Waals surface area contributed by atoms with Crippen LogP contribution in [0.25, 0.3) is 0 Å². The highest BCUT2D eigenvalue weighted by Crippen LogP contribution is 2.09. The predicted molar refractivity (Wildman–Crippen MR) is 113 cm³/mol. The van der Waals surface area contributed by atoms with E-state index < -0.39 is 30.1 Å². The topological polar surface area (TPSA) is 125 Å². The van der Waals surface area contributed by atoms with Crippen LogP contribution in [0.2, 0.25) is 0 Å². The van der Waals surface area contributed by atoms with Gasteiger partial charge in [0.1, 0.15) is 12.6 Å². The molecule has 2 amide bonds. The Kier molecular flexibility index (Phi) is 12.9.